The van der Waals surface area contributed by atoms with Gasteiger partial charge in [0.25, 0.3) is 0 Å². The quantitative estimate of drug-likeness (QED) is 0.182. The van der Waals surface area contributed by atoms with Gasteiger partial charge in [-0.2, -0.15) is 0 Å². The van der Waals surface area contributed by atoms with E-state index in [2.05, 4.69) is 17.5 Å². The lowest BCUT2D eigenvalue weighted by molar-refractivity contribution is 0.207. The first-order chi connectivity index (χ1) is 12.8. The van der Waals surface area contributed by atoms with Crippen LogP contribution in [0.25, 0.3) is 0 Å². The molecule has 0 bridgehead atoms. The molecular weight excluding hydrogens is 322 g/mol. The van der Waals surface area contributed by atoms with E-state index in [1.54, 1.807) is 0 Å². The molecule has 0 aromatic carbocycles. The number of nitrogens with one attached hydrogen (secondary N) is 1. The normalized spacial score (nSPS) is 11.8. The van der Waals surface area contributed by atoms with Crippen molar-refractivity contribution in [1.82, 2.24) is 5.32 Å². The van der Waals surface area contributed by atoms with Crippen LogP contribution < -0.4 is 5.32 Å². The second kappa shape index (κ2) is 22.7. The van der Waals surface area contributed by atoms with Crippen molar-refractivity contribution in [3.8, 4) is 0 Å². The molecular formula is C23H47NO2. The van der Waals surface area contributed by atoms with E-state index in [0.717, 1.165) is 25.8 Å². The smallest absolute Gasteiger partial charge is 0.0433 e. The van der Waals surface area contributed by atoms with Gasteiger partial charge in [0.2, 0.25) is 0 Å². The number of hydrogen-bond donors (Lipinski definition) is 3. The standard InChI is InChI=1S/C23H47NO2/c1-24-20-16-14-12-10-8-6-4-2-3-5-7-9-11-13-15-17-23(18-21-25)19-22-26/h2-3,23-26H,4-22H2,1H3/b3-2-. The first-order valence-corrected chi connectivity index (χ1v) is 11.4. The Kier molecular flexibility index (Phi) is 22.3. The average Bonchev–Trinajstić information content (AvgIpc) is 2.64. The average molecular weight is 370 g/mol. The van der Waals surface area contributed by atoms with Crippen LogP contribution in [0.4, 0.5) is 0 Å². The Bertz CT molecular complexity index is 275. The minimum absolute atomic E-state index is 0.258. The molecule has 0 aliphatic rings. The Labute approximate surface area is 163 Å². The van der Waals surface area contributed by atoms with Gasteiger partial charge in [-0.1, -0.05) is 69.9 Å². The molecule has 156 valence electrons. The lowest BCUT2D eigenvalue weighted by Crippen LogP contribution is -2.06. The van der Waals surface area contributed by atoms with Crippen LogP contribution in [0.2, 0.25) is 0 Å². The van der Waals surface area contributed by atoms with Gasteiger partial charge in [-0.3, -0.25) is 0 Å². The number of hydrogen-bond acceptors (Lipinski definition) is 3. The lowest BCUT2D eigenvalue weighted by Gasteiger charge is -2.13. The fourth-order valence-corrected chi connectivity index (χ4v) is 3.53. The van der Waals surface area contributed by atoms with Crippen molar-refractivity contribution < 1.29 is 10.2 Å². The molecule has 0 rings (SSSR count). The molecule has 0 aliphatic heterocycles. The molecule has 0 fully saturated rings. The van der Waals surface area contributed by atoms with Crippen LogP contribution in [0.3, 0.4) is 0 Å². The molecule has 3 heteroatoms. The summed E-state index contributed by atoms with van der Waals surface area (Å²) in [5.74, 6) is 0.515. The van der Waals surface area contributed by atoms with Crippen LogP contribution in [0.15, 0.2) is 12.2 Å². The second-order valence-electron chi connectivity index (χ2n) is 7.72. The monoisotopic (exact) mass is 369 g/mol. The van der Waals surface area contributed by atoms with Gasteiger partial charge in [-0.05, 0) is 64.5 Å². The van der Waals surface area contributed by atoms with Crippen molar-refractivity contribution in [1.29, 1.82) is 0 Å². The molecule has 0 heterocycles. The highest BCUT2D eigenvalue weighted by atomic mass is 16.3. The highest BCUT2D eigenvalue weighted by molar-refractivity contribution is 4.81. The Hall–Kier alpha value is -0.380. The summed E-state index contributed by atoms with van der Waals surface area (Å²) in [6, 6.07) is 0. The van der Waals surface area contributed by atoms with Crippen molar-refractivity contribution in [2.75, 3.05) is 26.8 Å². The van der Waals surface area contributed by atoms with Crippen LogP contribution in [0, 0.1) is 5.92 Å². The maximum atomic E-state index is 9.02. The van der Waals surface area contributed by atoms with Crippen LogP contribution in [0.5, 0.6) is 0 Å². The van der Waals surface area contributed by atoms with Gasteiger partial charge in [0.05, 0.1) is 0 Å². The van der Waals surface area contributed by atoms with Crippen molar-refractivity contribution >= 4 is 0 Å². The molecule has 0 unspecified atom stereocenters. The lowest BCUT2D eigenvalue weighted by atomic mass is 9.95. The van der Waals surface area contributed by atoms with Gasteiger partial charge in [0, 0.05) is 13.2 Å². The van der Waals surface area contributed by atoms with E-state index in [1.807, 2.05) is 7.05 Å². The minimum atomic E-state index is 0.258. The molecule has 0 saturated heterocycles. The van der Waals surface area contributed by atoms with E-state index < -0.39 is 0 Å². The van der Waals surface area contributed by atoms with Crippen molar-refractivity contribution in [3.63, 3.8) is 0 Å². The van der Waals surface area contributed by atoms with Gasteiger partial charge in [-0.15, -0.1) is 0 Å². The minimum Gasteiger partial charge on any atom is -0.396 e. The zero-order valence-corrected chi connectivity index (χ0v) is 17.6. The summed E-state index contributed by atoms with van der Waals surface area (Å²) in [6.07, 6.45) is 24.9. The summed E-state index contributed by atoms with van der Waals surface area (Å²) in [6.45, 7) is 1.68. The fraction of sp³-hybridized carbons (Fsp3) is 0.913. The van der Waals surface area contributed by atoms with E-state index in [-0.39, 0.29) is 13.2 Å². The molecule has 0 aromatic heterocycles. The summed E-state index contributed by atoms with van der Waals surface area (Å²) in [7, 11) is 2.03. The maximum Gasteiger partial charge on any atom is 0.0433 e. The summed E-state index contributed by atoms with van der Waals surface area (Å²) in [4.78, 5) is 0. The Morgan fingerprint density at radius 3 is 1.58 bits per heavy atom. The summed E-state index contributed by atoms with van der Waals surface area (Å²) < 4.78 is 0. The highest BCUT2D eigenvalue weighted by Gasteiger charge is 2.06. The van der Waals surface area contributed by atoms with E-state index >= 15 is 0 Å². The summed E-state index contributed by atoms with van der Waals surface area (Å²) >= 11 is 0. The van der Waals surface area contributed by atoms with Crippen LogP contribution >= 0.6 is 0 Å². The van der Waals surface area contributed by atoms with Crippen LogP contribution in [-0.4, -0.2) is 37.0 Å². The zero-order chi connectivity index (χ0) is 19.1. The van der Waals surface area contributed by atoms with Crippen molar-refractivity contribution in [3.05, 3.63) is 12.2 Å². The van der Waals surface area contributed by atoms with E-state index in [1.165, 1.54) is 83.5 Å². The topological polar surface area (TPSA) is 52.5 Å². The molecule has 0 aliphatic carbocycles. The van der Waals surface area contributed by atoms with Crippen LogP contribution in [-0.2, 0) is 0 Å². The van der Waals surface area contributed by atoms with Gasteiger partial charge < -0.3 is 15.5 Å². The summed E-state index contributed by atoms with van der Waals surface area (Å²) in [5.41, 5.74) is 0. The Balaban J connectivity index is 3.23. The molecule has 0 spiro atoms. The fourth-order valence-electron chi connectivity index (χ4n) is 3.53. The number of aliphatic hydroxyl groups excluding tert-OH is 2. The number of allylic oxidation sites excluding steroid dienone is 2. The third-order valence-corrected chi connectivity index (χ3v) is 5.27. The van der Waals surface area contributed by atoms with Gasteiger partial charge in [0.1, 0.15) is 0 Å². The number of unbranched alkanes of at least 4 members (excludes halogenated alkanes) is 11. The maximum absolute atomic E-state index is 9.02. The highest BCUT2D eigenvalue weighted by Crippen LogP contribution is 2.18. The predicted molar refractivity (Wildman–Crippen MR) is 115 cm³/mol. The first kappa shape index (κ1) is 25.6. The van der Waals surface area contributed by atoms with Gasteiger partial charge >= 0.3 is 0 Å². The molecule has 26 heavy (non-hydrogen) atoms. The SMILES string of the molecule is CNCCCCCCCC/C=C\CCCCCCCC(CCO)CCO. The summed E-state index contributed by atoms with van der Waals surface area (Å²) in [5, 5.41) is 21.2. The largest absolute Gasteiger partial charge is 0.396 e. The van der Waals surface area contributed by atoms with Gasteiger partial charge in [0.15, 0.2) is 0 Å². The molecule has 0 amide bonds. The van der Waals surface area contributed by atoms with Crippen molar-refractivity contribution in [2.45, 2.75) is 103 Å². The molecule has 0 saturated carbocycles. The van der Waals surface area contributed by atoms with E-state index in [9.17, 15) is 0 Å². The number of aliphatic hydroxyl groups is 2. The van der Waals surface area contributed by atoms with Crippen LogP contribution in [0.1, 0.15) is 103 Å². The third kappa shape index (κ3) is 19.9. The van der Waals surface area contributed by atoms with E-state index in [0.29, 0.717) is 5.92 Å². The molecule has 0 radical (unpaired) electrons. The molecule has 0 atom stereocenters. The third-order valence-electron chi connectivity index (χ3n) is 5.27. The number of rotatable bonds is 21. The Morgan fingerprint density at radius 1 is 0.615 bits per heavy atom. The predicted octanol–water partition coefficient (Wildman–Crippen LogP) is 5.60. The molecule has 0 aromatic rings. The zero-order valence-electron chi connectivity index (χ0n) is 17.6. The molecule has 3 N–H and O–H groups in total. The van der Waals surface area contributed by atoms with E-state index in [4.69, 9.17) is 10.2 Å². The van der Waals surface area contributed by atoms with Crippen molar-refractivity contribution in [2.24, 2.45) is 5.92 Å². The van der Waals surface area contributed by atoms with Gasteiger partial charge in [-0.25, -0.2) is 0 Å². The Morgan fingerprint density at radius 2 is 1.08 bits per heavy atom. The first-order valence-electron chi connectivity index (χ1n) is 11.4. The second-order valence-corrected chi connectivity index (χ2v) is 7.72. The molecule has 3 nitrogen and oxygen atoms in total.